The molecule has 21 heavy (non-hydrogen) atoms. The first-order chi connectivity index (χ1) is 9.89. The summed E-state index contributed by atoms with van der Waals surface area (Å²) >= 11 is 0. The molecule has 2 fully saturated rings. The van der Waals surface area contributed by atoms with Crippen LogP contribution in [0.15, 0.2) is 0 Å². The molecule has 2 heterocycles. The Morgan fingerprint density at radius 2 is 1.71 bits per heavy atom. The molecule has 0 aromatic heterocycles. The monoisotopic (exact) mass is 296 g/mol. The molecule has 4 nitrogen and oxygen atoms in total. The van der Waals surface area contributed by atoms with Crippen molar-refractivity contribution in [1.29, 1.82) is 0 Å². The van der Waals surface area contributed by atoms with Crippen molar-refractivity contribution in [3.05, 3.63) is 0 Å². The fourth-order valence-corrected chi connectivity index (χ4v) is 4.16. The van der Waals surface area contributed by atoms with Crippen molar-refractivity contribution in [2.24, 2.45) is 5.73 Å². The molecular formula is C17H36N4. The highest BCUT2D eigenvalue weighted by atomic mass is 15.3. The van der Waals surface area contributed by atoms with Crippen LogP contribution in [-0.2, 0) is 0 Å². The van der Waals surface area contributed by atoms with Crippen LogP contribution in [0.25, 0.3) is 0 Å². The van der Waals surface area contributed by atoms with Gasteiger partial charge in [-0.3, -0.25) is 9.80 Å². The summed E-state index contributed by atoms with van der Waals surface area (Å²) in [6.45, 7) is 14.9. The number of hydrogen-bond donors (Lipinski definition) is 1. The van der Waals surface area contributed by atoms with Crippen LogP contribution in [0.5, 0.6) is 0 Å². The van der Waals surface area contributed by atoms with Crippen LogP contribution in [0, 0.1) is 0 Å². The molecule has 2 aliphatic heterocycles. The van der Waals surface area contributed by atoms with Crippen LogP contribution in [0.4, 0.5) is 0 Å². The Balaban J connectivity index is 2.10. The standard InChI is InChI=1S/C17H36N4/c1-14(2)20-9-6-7-17(13-18,8-10-20)21-11-15(3)19(5)16(4)12-21/h14-16H,6-13,18H2,1-5H3. The third kappa shape index (κ3) is 3.61. The van der Waals surface area contributed by atoms with E-state index in [0.717, 1.165) is 6.54 Å². The average Bonchev–Trinajstić information content (AvgIpc) is 2.67. The van der Waals surface area contributed by atoms with E-state index in [0.29, 0.717) is 18.1 Å². The molecule has 2 aliphatic rings. The molecular weight excluding hydrogens is 260 g/mol. The number of likely N-dealkylation sites (N-methyl/N-ethyl adjacent to an activating group) is 1. The van der Waals surface area contributed by atoms with Gasteiger partial charge in [0, 0.05) is 49.8 Å². The number of nitrogens with zero attached hydrogens (tertiary/aromatic N) is 3. The normalized spacial score (nSPS) is 37.9. The zero-order valence-corrected chi connectivity index (χ0v) is 14.8. The first-order valence-corrected chi connectivity index (χ1v) is 8.81. The largest absolute Gasteiger partial charge is 0.329 e. The molecule has 0 amide bonds. The van der Waals surface area contributed by atoms with Crippen LogP contribution in [0.1, 0.15) is 47.0 Å². The number of hydrogen-bond acceptors (Lipinski definition) is 4. The minimum atomic E-state index is 0.230. The zero-order chi connectivity index (χ0) is 15.6. The predicted octanol–water partition coefficient (Wildman–Crippen LogP) is 1.60. The molecule has 0 saturated carbocycles. The summed E-state index contributed by atoms with van der Waals surface area (Å²) in [7, 11) is 2.26. The van der Waals surface area contributed by atoms with Gasteiger partial charge in [0.1, 0.15) is 0 Å². The van der Waals surface area contributed by atoms with Crippen LogP contribution >= 0.6 is 0 Å². The molecule has 4 heteroatoms. The van der Waals surface area contributed by atoms with Gasteiger partial charge >= 0.3 is 0 Å². The second-order valence-electron chi connectivity index (χ2n) is 7.68. The van der Waals surface area contributed by atoms with Gasteiger partial charge < -0.3 is 10.6 Å². The summed E-state index contributed by atoms with van der Waals surface area (Å²) in [6, 6.07) is 1.91. The molecule has 0 aliphatic carbocycles. The summed E-state index contributed by atoms with van der Waals surface area (Å²) in [5, 5.41) is 0. The van der Waals surface area contributed by atoms with E-state index in [-0.39, 0.29) is 5.54 Å². The molecule has 0 aromatic rings. The van der Waals surface area contributed by atoms with Gasteiger partial charge in [-0.25, -0.2) is 0 Å². The lowest BCUT2D eigenvalue weighted by Gasteiger charge is -2.51. The van der Waals surface area contributed by atoms with Crippen molar-refractivity contribution in [3.8, 4) is 0 Å². The van der Waals surface area contributed by atoms with E-state index < -0.39 is 0 Å². The summed E-state index contributed by atoms with van der Waals surface area (Å²) in [5.41, 5.74) is 6.54. The van der Waals surface area contributed by atoms with Crippen LogP contribution in [-0.4, -0.2) is 78.1 Å². The van der Waals surface area contributed by atoms with E-state index >= 15 is 0 Å². The van der Waals surface area contributed by atoms with Crippen molar-refractivity contribution in [2.75, 3.05) is 39.8 Å². The molecule has 2 N–H and O–H groups in total. The minimum Gasteiger partial charge on any atom is -0.329 e. The highest BCUT2D eigenvalue weighted by Gasteiger charge is 2.41. The molecule has 3 atom stereocenters. The second-order valence-corrected chi connectivity index (χ2v) is 7.68. The van der Waals surface area contributed by atoms with Crippen LogP contribution in [0.3, 0.4) is 0 Å². The number of nitrogens with two attached hydrogens (primary N) is 1. The van der Waals surface area contributed by atoms with E-state index in [9.17, 15) is 0 Å². The first-order valence-electron chi connectivity index (χ1n) is 8.81. The average molecular weight is 297 g/mol. The summed E-state index contributed by atoms with van der Waals surface area (Å²) in [5.74, 6) is 0. The SMILES string of the molecule is CC(C)N1CCCC(CN)(N2CC(C)N(C)C(C)C2)CC1. The van der Waals surface area contributed by atoms with E-state index in [1.54, 1.807) is 0 Å². The Morgan fingerprint density at radius 3 is 2.24 bits per heavy atom. The predicted molar refractivity (Wildman–Crippen MR) is 90.6 cm³/mol. The molecule has 2 rings (SSSR count). The fraction of sp³-hybridized carbons (Fsp3) is 1.00. The van der Waals surface area contributed by atoms with Gasteiger partial charge in [-0.2, -0.15) is 0 Å². The quantitative estimate of drug-likeness (QED) is 0.858. The molecule has 124 valence electrons. The highest BCUT2D eigenvalue weighted by molar-refractivity contribution is 4.99. The Hall–Kier alpha value is -0.160. The van der Waals surface area contributed by atoms with Gasteiger partial charge in [0.2, 0.25) is 0 Å². The maximum Gasteiger partial charge on any atom is 0.0345 e. The van der Waals surface area contributed by atoms with Gasteiger partial charge in [-0.15, -0.1) is 0 Å². The summed E-state index contributed by atoms with van der Waals surface area (Å²) in [6.07, 6.45) is 3.77. The summed E-state index contributed by atoms with van der Waals surface area (Å²) in [4.78, 5) is 7.87. The van der Waals surface area contributed by atoms with E-state index in [4.69, 9.17) is 5.73 Å². The van der Waals surface area contributed by atoms with E-state index in [1.165, 1.54) is 45.4 Å². The lowest BCUT2D eigenvalue weighted by molar-refractivity contribution is -0.0166. The smallest absolute Gasteiger partial charge is 0.0345 e. The van der Waals surface area contributed by atoms with Gasteiger partial charge in [0.25, 0.3) is 0 Å². The Kier molecular flexibility index (Phi) is 5.69. The first kappa shape index (κ1) is 17.2. The highest BCUT2D eigenvalue weighted by Crippen LogP contribution is 2.31. The van der Waals surface area contributed by atoms with Crippen molar-refractivity contribution in [1.82, 2.24) is 14.7 Å². The van der Waals surface area contributed by atoms with Crippen molar-refractivity contribution in [3.63, 3.8) is 0 Å². The molecule has 0 spiro atoms. The number of likely N-dealkylation sites (tertiary alicyclic amines) is 1. The Morgan fingerprint density at radius 1 is 1.10 bits per heavy atom. The maximum atomic E-state index is 6.31. The van der Waals surface area contributed by atoms with Gasteiger partial charge in [-0.05, 0) is 60.5 Å². The van der Waals surface area contributed by atoms with Crippen molar-refractivity contribution < 1.29 is 0 Å². The van der Waals surface area contributed by atoms with Gasteiger partial charge in [-0.1, -0.05) is 0 Å². The lowest BCUT2D eigenvalue weighted by atomic mass is 9.86. The van der Waals surface area contributed by atoms with Crippen molar-refractivity contribution >= 4 is 0 Å². The summed E-state index contributed by atoms with van der Waals surface area (Å²) < 4.78 is 0. The second kappa shape index (κ2) is 6.95. The molecule has 3 unspecified atom stereocenters. The van der Waals surface area contributed by atoms with Crippen molar-refractivity contribution in [2.45, 2.75) is 70.6 Å². The molecule has 0 bridgehead atoms. The maximum absolute atomic E-state index is 6.31. The van der Waals surface area contributed by atoms with E-state index in [1.807, 2.05) is 0 Å². The zero-order valence-electron chi connectivity index (χ0n) is 14.8. The van der Waals surface area contributed by atoms with E-state index in [2.05, 4.69) is 49.4 Å². The minimum absolute atomic E-state index is 0.230. The molecule has 0 radical (unpaired) electrons. The third-order valence-electron chi connectivity index (χ3n) is 6.09. The van der Waals surface area contributed by atoms with Gasteiger partial charge in [0.15, 0.2) is 0 Å². The topological polar surface area (TPSA) is 35.7 Å². The lowest BCUT2D eigenvalue weighted by Crippen LogP contribution is -2.64. The molecule has 0 aromatic carbocycles. The van der Waals surface area contributed by atoms with Crippen LogP contribution < -0.4 is 5.73 Å². The molecule has 2 saturated heterocycles. The fourth-order valence-electron chi connectivity index (χ4n) is 4.16. The number of piperazine rings is 1. The third-order valence-corrected chi connectivity index (χ3v) is 6.09. The number of rotatable bonds is 3. The van der Waals surface area contributed by atoms with Crippen LogP contribution in [0.2, 0.25) is 0 Å². The Bertz CT molecular complexity index is 321. The Labute approximate surface area is 131 Å². The van der Waals surface area contributed by atoms with Gasteiger partial charge in [0.05, 0.1) is 0 Å².